The zero-order valence-electron chi connectivity index (χ0n) is 15.1. The molecule has 0 atom stereocenters. The first-order valence-corrected chi connectivity index (χ1v) is 9.54. The van der Waals surface area contributed by atoms with Crippen molar-refractivity contribution < 1.29 is 4.79 Å². The highest BCUT2D eigenvalue weighted by molar-refractivity contribution is 7.10. The number of aromatic nitrogens is 4. The van der Waals surface area contributed by atoms with Crippen LogP contribution in [0.4, 0.5) is 5.95 Å². The number of anilines is 1. The van der Waals surface area contributed by atoms with Gasteiger partial charge >= 0.3 is 5.69 Å². The quantitative estimate of drug-likeness (QED) is 0.677. The number of imidazole rings is 1. The fourth-order valence-corrected chi connectivity index (χ4v) is 4.00. The maximum atomic E-state index is 12.4. The third kappa shape index (κ3) is 3.05. The number of carbonyl (C=O) groups excluding carboxylic acids is 1. The lowest BCUT2D eigenvalue weighted by Crippen LogP contribution is -2.49. The number of amides is 1. The molecule has 1 aliphatic heterocycles. The number of carbonyl (C=O) groups is 1. The Morgan fingerprint density at radius 3 is 2.59 bits per heavy atom. The van der Waals surface area contributed by atoms with Gasteiger partial charge in [0.25, 0.3) is 5.56 Å². The van der Waals surface area contributed by atoms with Crippen LogP contribution in [0.5, 0.6) is 0 Å². The normalized spacial score (nSPS) is 14.9. The second-order valence-electron chi connectivity index (χ2n) is 6.59. The molecule has 1 fully saturated rings. The Balaban J connectivity index is 1.51. The summed E-state index contributed by atoms with van der Waals surface area (Å²) in [6.07, 6.45) is 0.431. The maximum Gasteiger partial charge on any atom is 0.332 e. The van der Waals surface area contributed by atoms with Gasteiger partial charge in [-0.15, -0.1) is 11.3 Å². The second kappa shape index (κ2) is 6.69. The molecule has 142 valence electrons. The van der Waals surface area contributed by atoms with Crippen LogP contribution >= 0.6 is 11.3 Å². The molecule has 0 unspecified atom stereocenters. The number of thiophene rings is 1. The molecule has 3 aromatic rings. The van der Waals surface area contributed by atoms with Gasteiger partial charge in [-0.05, 0) is 11.4 Å². The molecule has 1 amide bonds. The zero-order chi connectivity index (χ0) is 19.1. The van der Waals surface area contributed by atoms with Crippen molar-refractivity contribution in [2.45, 2.75) is 6.42 Å². The molecule has 10 heteroatoms. The number of nitrogens with zero attached hydrogens (tertiary/aromatic N) is 5. The molecule has 0 aliphatic carbocycles. The highest BCUT2D eigenvalue weighted by atomic mass is 32.1. The largest absolute Gasteiger partial charge is 0.339 e. The van der Waals surface area contributed by atoms with Crippen molar-refractivity contribution >= 4 is 34.4 Å². The number of aryl methyl sites for hydroxylation is 1. The number of hydrogen-bond donors (Lipinski definition) is 1. The van der Waals surface area contributed by atoms with Crippen LogP contribution in [0.1, 0.15) is 4.88 Å². The van der Waals surface area contributed by atoms with Crippen molar-refractivity contribution in [3.8, 4) is 0 Å². The van der Waals surface area contributed by atoms with Crippen molar-refractivity contribution in [2.75, 3.05) is 31.1 Å². The van der Waals surface area contributed by atoms with Crippen LogP contribution in [0.2, 0.25) is 0 Å². The van der Waals surface area contributed by atoms with E-state index >= 15 is 0 Å². The average molecular weight is 388 g/mol. The van der Waals surface area contributed by atoms with E-state index in [-0.39, 0.29) is 5.91 Å². The fourth-order valence-electron chi connectivity index (χ4n) is 3.31. The SMILES string of the molecule is Cn1c(=O)c2[nH]c(N3CCN(C(=O)Cc4cccs4)CC3)nc2n(C)c1=O. The number of rotatable bonds is 3. The molecule has 27 heavy (non-hydrogen) atoms. The molecule has 9 nitrogen and oxygen atoms in total. The Kier molecular flexibility index (Phi) is 4.34. The lowest BCUT2D eigenvalue weighted by atomic mass is 10.2. The lowest BCUT2D eigenvalue weighted by molar-refractivity contribution is -0.130. The van der Waals surface area contributed by atoms with E-state index in [9.17, 15) is 14.4 Å². The molecular formula is C17H20N6O3S. The van der Waals surface area contributed by atoms with Gasteiger partial charge in [0.2, 0.25) is 11.9 Å². The highest BCUT2D eigenvalue weighted by Crippen LogP contribution is 2.17. The van der Waals surface area contributed by atoms with Gasteiger partial charge in [-0.3, -0.25) is 18.7 Å². The van der Waals surface area contributed by atoms with Crippen LogP contribution in [0.25, 0.3) is 11.2 Å². The number of piperazine rings is 1. The van der Waals surface area contributed by atoms with Crippen molar-refractivity contribution in [3.05, 3.63) is 43.2 Å². The third-order valence-electron chi connectivity index (χ3n) is 4.92. The van der Waals surface area contributed by atoms with E-state index in [2.05, 4.69) is 9.97 Å². The summed E-state index contributed by atoms with van der Waals surface area (Å²) in [6, 6.07) is 3.92. The molecule has 1 N–H and O–H groups in total. The Morgan fingerprint density at radius 1 is 1.19 bits per heavy atom. The van der Waals surface area contributed by atoms with Gasteiger partial charge in [-0.25, -0.2) is 4.79 Å². The molecule has 0 radical (unpaired) electrons. The van der Waals surface area contributed by atoms with E-state index in [0.717, 1.165) is 9.44 Å². The van der Waals surface area contributed by atoms with Crippen molar-refractivity contribution in [1.29, 1.82) is 0 Å². The molecule has 0 aromatic carbocycles. The standard InChI is InChI=1S/C17H20N6O3S/c1-20-14-13(15(25)21(2)17(20)26)18-16(19-14)23-7-5-22(6-8-23)12(24)10-11-4-3-9-27-11/h3-4,9H,5-8,10H2,1-2H3,(H,18,19). The Morgan fingerprint density at radius 2 is 1.93 bits per heavy atom. The summed E-state index contributed by atoms with van der Waals surface area (Å²) in [5.41, 5.74) is -0.147. The van der Waals surface area contributed by atoms with Gasteiger partial charge in [0.15, 0.2) is 11.2 Å². The topological polar surface area (TPSA) is 96.2 Å². The number of aromatic amines is 1. The smallest absolute Gasteiger partial charge is 0.332 e. The molecule has 3 aromatic heterocycles. The number of fused-ring (bicyclic) bond motifs is 1. The third-order valence-corrected chi connectivity index (χ3v) is 5.80. The summed E-state index contributed by atoms with van der Waals surface area (Å²) >= 11 is 1.59. The summed E-state index contributed by atoms with van der Waals surface area (Å²) in [6.45, 7) is 2.42. The van der Waals surface area contributed by atoms with Gasteiger partial charge in [-0.1, -0.05) is 6.07 Å². The summed E-state index contributed by atoms with van der Waals surface area (Å²) in [7, 11) is 3.04. The van der Waals surface area contributed by atoms with Gasteiger partial charge < -0.3 is 14.8 Å². The Bertz CT molecular complexity index is 1100. The van der Waals surface area contributed by atoms with E-state index < -0.39 is 11.2 Å². The van der Waals surface area contributed by atoms with E-state index in [1.165, 1.54) is 11.6 Å². The van der Waals surface area contributed by atoms with Gasteiger partial charge in [0.05, 0.1) is 6.42 Å². The maximum absolute atomic E-state index is 12.4. The lowest BCUT2D eigenvalue weighted by Gasteiger charge is -2.34. The Labute approximate surface area is 158 Å². The first-order valence-electron chi connectivity index (χ1n) is 8.66. The van der Waals surface area contributed by atoms with Crippen molar-refractivity contribution in [1.82, 2.24) is 24.0 Å². The van der Waals surface area contributed by atoms with E-state index in [0.29, 0.717) is 49.7 Å². The van der Waals surface area contributed by atoms with Crippen molar-refractivity contribution in [3.63, 3.8) is 0 Å². The fraction of sp³-hybridized carbons (Fsp3) is 0.412. The highest BCUT2D eigenvalue weighted by Gasteiger charge is 2.24. The summed E-state index contributed by atoms with van der Waals surface area (Å²) in [5.74, 6) is 0.673. The van der Waals surface area contributed by atoms with Gasteiger partial charge in [-0.2, -0.15) is 4.98 Å². The van der Waals surface area contributed by atoms with Crippen LogP contribution in [0.3, 0.4) is 0 Å². The molecular weight excluding hydrogens is 368 g/mol. The van der Waals surface area contributed by atoms with Crippen LogP contribution in [0, 0.1) is 0 Å². The molecule has 0 spiro atoms. The van der Waals surface area contributed by atoms with Gasteiger partial charge in [0.1, 0.15) is 0 Å². The predicted molar refractivity (Wildman–Crippen MR) is 103 cm³/mol. The molecule has 1 saturated heterocycles. The molecule has 1 aliphatic rings. The first kappa shape index (κ1) is 17.5. The van der Waals surface area contributed by atoms with Gasteiger partial charge in [0, 0.05) is 45.2 Å². The summed E-state index contributed by atoms with van der Waals surface area (Å²) < 4.78 is 2.42. The molecule has 4 heterocycles. The Hall–Kier alpha value is -2.88. The van der Waals surface area contributed by atoms with Crippen LogP contribution in [-0.4, -0.2) is 56.1 Å². The molecule has 0 bridgehead atoms. The van der Waals surface area contributed by atoms with E-state index in [1.807, 2.05) is 27.3 Å². The van der Waals surface area contributed by atoms with Crippen molar-refractivity contribution in [2.24, 2.45) is 14.1 Å². The average Bonchev–Trinajstić information content (AvgIpc) is 3.35. The zero-order valence-corrected chi connectivity index (χ0v) is 16.0. The monoisotopic (exact) mass is 388 g/mol. The minimum absolute atomic E-state index is 0.123. The summed E-state index contributed by atoms with van der Waals surface area (Å²) in [4.78, 5) is 49.2. The first-order chi connectivity index (χ1) is 13.0. The van der Waals surface area contributed by atoms with Crippen LogP contribution < -0.4 is 16.1 Å². The van der Waals surface area contributed by atoms with E-state index in [1.54, 1.807) is 18.4 Å². The number of nitrogens with one attached hydrogen (secondary N) is 1. The minimum Gasteiger partial charge on any atom is -0.339 e. The van der Waals surface area contributed by atoms with E-state index in [4.69, 9.17) is 0 Å². The minimum atomic E-state index is -0.408. The van der Waals surface area contributed by atoms with Crippen LogP contribution in [0.15, 0.2) is 27.1 Å². The number of H-pyrrole nitrogens is 1. The molecule has 4 rings (SSSR count). The molecule has 0 saturated carbocycles. The second-order valence-corrected chi connectivity index (χ2v) is 7.62. The predicted octanol–water partition coefficient (Wildman–Crippen LogP) is -0.0869. The van der Waals surface area contributed by atoms with Crippen LogP contribution in [-0.2, 0) is 25.3 Å². The summed E-state index contributed by atoms with van der Waals surface area (Å²) in [5, 5.41) is 1.97. The number of hydrogen-bond acceptors (Lipinski definition) is 6.